The van der Waals surface area contributed by atoms with Crippen LogP contribution in [0, 0.1) is 0 Å². The van der Waals surface area contributed by atoms with Crippen LogP contribution in [0.4, 0.5) is 4.39 Å². The van der Waals surface area contributed by atoms with Crippen molar-refractivity contribution in [2.75, 3.05) is 40.1 Å². The van der Waals surface area contributed by atoms with E-state index in [4.69, 9.17) is 4.74 Å². The number of hydrogen-bond acceptors (Lipinski definition) is 1. The van der Waals surface area contributed by atoms with E-state index in [0.29, 0.717) is 6.42 Å². The second kappa shape index (κ2) is 3.30. The third-order valence-corrected chi connectivity index (χ3v) is 2.01. The van der Waals surface area contributed by atoms with Gasteiger partial charge < -0.3 is 9.22 Å². The molecule has 1 unspecified atom stereocenters. The average molecular weight is 148 g/mol. The Morgan fingerprint density at radius 1 is 1.60 bits per heavy atom. The predicted molar refractivity (Wildman–Crippen MR) is 37.3 cm³/mol. The molecule has 2 nitrogen and oxygen atoms in total. The van der Waals surface area contributed by atoms with Crippen LogP contribution in [0.25, 0.3) is 0 Å². The van der Waals surface area contributed by atoms with Crippen LogP contribution < -0.4 is 0 Å². The average Bonchev–Trinajstić information content (AvgIpc) is 2.33. The first kappa shape index (κ1) is 7.95. The van der Waals surface area contributed by atoms with Gasteiger partial charge >= 0.3 is 0 Å². The Hall–Kier alpha value is -0.150. The maximum absolute atomic E-state index is 11.8. The Labute approximate surface area is 61.2 Å². The van der Waals surface area contributed by atoms with Gasteiger partial charge in [-0.3, -0.25) is 4.39 Å². The van der Waals surface area contributed by atoms with Gasteiger partial charge in [0.15, 0.2) is 6.73 Å². The zero-order valence-corrected chi connectivity index (χ0v) is 6.48. The van der Waals surface area contributed by atoms with Gasteiger partial charge in [0, 0.05) is 6.42 Å². The van der Waals surface area contributed by atoms with Gasteiger partial charge in [-0.1, -0.05) is 0 Å². The molecular formula is C7H15FNO+. The van der Waals surface area contributed by atoms with Crippen LogP contribution in [0.15, 0.2) is 0 Å². The SMILES string of the molecule is C[N+]1(CCCF)CCOC1. The number of alkyl halides is 1. The molecule has 0 radical (unpaired) electrons. The second-order valence-corrected chi connectivity index (χ2v) is 3.15. The van der Waals surface area contributed by atoms with Gasteiger partial charge in [0.05, 0.1) is 20.3 Å². The molecule has 0 saturated carbocycles. The van der Waals surface area contributed by atoms with Crippen molar-refractivity contribution in [3.8, 4) is 0 Å². The van der Waals surface area contributed by atoms with Crippen LogP contribution in [-0.4, -0.2) is 44.6 Å². The minimum Gasteiger partial charge on any atom is -0.326 e. The fourth-order valence-electron chi connectivity index (χ4n) is 1.25. The fraction of sp³-hybridized carbons (Fsp3) is 1.00. The van der Waals surface area contributed by atoms with Gasteiger partial charge in [-0.15, -0.1) is 0 Å². The summed E-state index contributed by atoms with van der Waals surface area (Å²) in [6, 6.07) is 0. The Morgan fingerprint density at radius 3 is 2.90 bits per heavy atom. The number of hydrogen-bond donors (Lipinski definition) is 0. The third kappa shape index (κ3) is 1.92. The van der Waals surface area contributed by atoms with Gasteiger partial charge in [0.25, 0.3) is 0 Å². The molecule has 60 valence electrons. The van der Waals surface area contributed by atoms with Crippen molar-refractivity contribution in [2.24, 2.45) is 0 Å². The molecule has 0 aromatic rings. The molecular weight excluding hydrogens is 133 g/mol. The summed E-state index contributed by atoms with van der Waals surface area (Å²) >= 11 is 0. The lowest BCUT2D eigenvalue weighted by molar-refractivity contribution is -0.906. The van der Waals surface area contributed by atoms with Crippen LogP contribution in [-0.2, 0) is 4.74 Å². The smallest absolute Gasteiger partial charge is 0.183 e. The largest absolute Gasteiger partial charge is 0.326 e. The molecule has 0 amide bonds. The van der Waals surface area contributed by atoms with Gasteiger partial charge in [-0.2, -0.15) is 0 Å². The lowest BCUT2D eigenvalue weighted by Crippen LogP contribution is -2.42. The Bertz CT molecular complexity index is 102. The normalized spacial score (nSPS) is 33.0. The van der Waals surface area contributed by atoms with Crippen LogP contribution in [0.3, 0.4) is 0 Å². The maximum Gasteiger partial charge on any atom is 0.183 e. The number of ether oxygens (including phenoxy) is 1. The van der Waals surface area contributed by atoms with Gasteiger partial charge in [0.2, 0.25) is 0 Å². The molecule has 0 spiro atoms. The molecule has 1 fully saturated rings. The molecule has 10 heavy (non-hydrogen) atoms. The highest BCUT2D eigenvalue weighted by atomic mass is 19.1. The van der Waals surface area contributed by atoms with Crippen LogP contribution in [0.2, 0.25) is 0 Å². The highest BCUT2D eigenvalue weighted by Gasteiger charge is 2.26. The molecule has 1 heterocycles. The topological polar surface area (TPSA) is 9.23 Å². The van der Waals surface area contributed by atoms with E-state index >= 15 is 0 Å². The quantitative estimate of drug-likeness (QED) is 0.537. The summed E-state index contributed by atoms with van der Waals surface area (Å²) in [6.45, 7) is 3.35. The molecule has 0 aliphatic carbocycles. The maximum atomic E-state index is 11.8. The van der Waals surface area contributed by atoms with E-state index < -0.39 is 0 Å². The highest BCUT2D eigenvalue weighted by Crippen LogP contribution is 2.10. The second-order valence-electron chi connectivity index (χ2n) is 3.15. The van der Waals surface area contributed by atoms with Gasteiger partial charge in [0.1, 0.15) is 13.2 Å². The molecule has 1 aliphatic heterocycles. The van der Waals surface area contributed by atoms with Crippen molar-refractivity contribution in [3.63, 3.8) is 0 Å². The standard InChI is InChI=1S/C7H15FNO/c1-9(4-2-3-8)5-6-10-7-9/h2-7H2,1H3/q+1. The molecule has 1 saturated heterocycles. The molecule has 1 aliphatic rings. The van der Waals surface area contributed by atoms with Crippen molar-refractivity contribution in [3.05, 3.63) is 0 Å². The zero-order chi connectivity index (χ0) is 7.45. The van der Waals surface area contributed by atoms with Gasteiger partial charge in [-0.25, -0.2) is 0 Å². The van der Waals surface area contributed by atoms with Crippen molar-refractivity contribution >= 4 is 0 Å². The van der Waals surface area contributed by atoms with Crippen LogP contribution in [0.1, 0.15) is 6.42 Å². The number of halogens is 1. The van der Waals surface area contributed by atoms with E-state index in [1.165, 1.54) is 0 Å². The Morgan fingerprint density at radius 2 is 2.40 bits per heavy atom. The molecule has 0 N–H and O–H groups in total. The summed E-state index contributed by atoms with van der Waals surface area (Å²) in [5.74, 6) is 0. The lowest BCUT2D eigenvalue weighted by atomic mass is 10.4. The minimum atomic E-state index is -0.201. The van der Waals surface area contributed by atoms with Crippen molar-refractivity contribution in [2.45, 2.75) is 6.42 Å². The number of likely N-dealkylation sites (N-methyl/N-ethyl adjacent to an activating group) is 1. The Kier molecular flexibility index (Phi) is 2.63. The van der Waals surface area contributed by atoms with E-state index in [1.807, 2.05) is 0 Å². The summed E-state index contributed by atoms with van der Waals surface area (Å²) < 4.78 is 17.9. The summed E-state index contributed by atoms with van der Waals surface area (Å²) in [5.41, 5.74) is 0. The molecule has 0 aromatic heterocycles. The molecule has 0 aromatic carbocycles. The molecule has 0 bridgehead atoms. The van der Waals surface area contributed by atoms with Crippen molar-refractivity contribution in [1.29, 1.82) is 0 Å². The van der Waals surface area contributed by atoms with E-state index in [-0.39, 0.29) is 6.67 Å². The van der Waals surface area contributed by atoms with E-state index in [9.17, 15) is 4.39 Å². The summed E-state index contributed by atoms with van der Waals surface area (Å²) in [4.78, 5) is 0. The summed E-state index contributed by atoms with van der Waals surface area (Å²) in [7, 11) is 2.11. The number of nitrogens with zero attached hydrogens (tertiary/aromatic N) is 1. The van der Waals surface area contributed by atoms with Crippen molar-refractivity contribution < 1.29 is 13.6 Å². The predicted octanol–water partition coefficient (Wildman–Crippen LogP) is 0.780. The molecule has 3 heteroatoms. The number of rotatable bonds is 3. The zero-order valence-electron chi connectivity index (χ0n) is 6.48. The lowest BCUT2D eigenvalue weighted by Gasteiger charge is -2.26. The number of quaternary nitrogens is 1. The van der Waals surface area contributed by atoms with Crippen molar-refractivity contribution in [1.82, 2.24) is 0 Å². The van der Waals surface area contributed by atoms with Gasteiger partial charge in [-0.05, 0) is 0 Å². The highest BCUT2D eigenvalue weighted by molar-refractivity contribution is 4.42. The first-order valence-corrected chi connectivity index (χ1v) is 3.74. The Balaban J connectivity index is 2.22. The first-order valence-electron chi connectivity index (χ1n) is 3.74. The monoisotopic (exact) mass is 148 g/mol. The molecule has 1 rings (SSSR count). The first-order chi connectivity index (χ1) is 4.77. The minimum absolute atomic E-state index is 0.201. The summed E-state index contributed by atoms with van der Waals surface area (Å²) in [5, 5.41) is 0. The fourth-order valence-corrected chi connectivity index (χ4v) is 1.25. The van der Waals surface area contributed by atoms with Crippen LogP contribution >= 0.6 is 0 Å². The van der Waals surface area contributed by atoms with E-state index in [2.05, 4.69) is 7.05 Å². The third-order valence-electron chi connectivity index (χ3n) is 2.01. The molecule has 1 atom stereocenters. The van der Waals surface area contributed by atoms with Crippen LogP contribution in [0.5, 0.6) is 0 Å². The van der Waals surface area contributed by atoms with E-state index in [0.717, 1.165) is 30.9 Å². The summed E-state index contributed by atoms with van der Waals surface area (Å²) in [6.07, 6.45) is 0.667. The van der Waals surface area contributed by atoms with E-state index in [1.54, 1.807) is 0 Å².